The lowest BCUT2D eigenvalue weighted by molar-refractivity contribution is -0.137. The highest BCUT2D eigenvalue weighted by atomic mass is 16.5. The summed E-state index contributed by atoms with van der Waals surface area (Å²) in [6.45, 7) is 0. The van der Waals surface area contributed by atoms with Gasteiger partial charge in [0, 0.05) is 16.9 Å². The third kappa shape index (κ3) is 5.98. The Morgan fingerprint density at radius 3 is 1.74 bits per heavy atom. The number of anilines is 2. The zero-order valence-corrected chi connectivity index (χ0v) is 18.2. The van der Waals surface area contributed by atoms with E-state index in [9.17, 15) is 19.2 Å². The van der Waals surface area contributed by atoms with Crippen molar-refractivity contribution in [2.24, 2.45) is 0 Å². The SMILES string of the molecule is COc1ccc(C(=O)Nc2ccccc2CC(=O)O)cc1C(=O)Nc1ccccc1CC(=O)O. The molecule has 2 amide bonds. The van der Waals surface area contributed by atoms with Gasteiger partial charge in [-0.1, -0.05) is 36.4 Å². The molecule has 0 radical (unpaired) electrons. The molecule has 0 aliphatic rings. The number of benzene rings is 3. The van der Waals surface area contributed by atoms with Gasteiger partial charge in [0.15, 0.2) is 0 Å². The van der Waals surface area contributed by atoms with Gasteiger partial charge in [-0.3, -0.25) is 19.2 Å². The molecule has 9 heteroatoms. The van der Waals surface area contributed by atoms with Gasteiger partial charge in [0.2, 0.25) is 0 Å². The number of nitrogens with one attached hydrogen (secondary N) is 2. The molecule has 4 N–H and O–H groups in total. The van der Waals surface area contributed by atoms with E-state index in [1.807, 2.05) is 0 Å². The Kier molecular flexibility index (Phi) is 7.60. The van der Waals surface area contributed by atoms with E-state index in [0.29, 0.717) is 22.5 Å². The third-order valence-corrected chi connectivity index (χ3v) is 4.92. The fourth-order valence-electron chi connectivity index (χ4n) is 3.33. The minimum Gasteiger partial charge on any atom is -0.496 e. The summed E-state index contributed by atoms with van der Waals surface area (Å²) in [6.07, 6.45) is -0.533. The third-order valence-electron chi connectivity index (χ3n) is 4.92. The maximum Gasteiger partial charge on any atom is 0.307 e. The lowest BCUT2D eigenvalue weighted by Gasteiger charge is -2.14. The molecule has 0 atom stereocenters. The topological polar surface area (TPSA) is 142 Å². The quantitative estimate of drug-likeness (QED) is 0.381. The summed E-state index contributed by atoms with van der Waals surface area (Å²) in [4.78, 5) is 48.1. The summed E-state index contributed by atoms with van der Waals surface area (Å²) < 4.78 is 5.26. The number of hydrogen-bond donors (Lipinski definition) is 4. The van der Waals surface area contributed by atoms with Crippen LogP contribution in [-0.2, 0) is 22.4 Å². The van der Waals surface area contributed by atoms with Crippen LogP contribution in [0.15, 0.2) is 66.7 Å². The molecule has 0 aliphatic heterocycles. The normalized spacial score (nSPS) is 10.3. The maximum atomic E-state index is 13.0. The van der Waals surface area contributed by atoms with E-state index in [4.69, 9.17) is 14.9 Å². The van der Waals surface area contributed by atoms with E-state index in [1.165, 1.54) is 25.3 Å². The molecule has 3 aromatic rings. The summed E-state index contributed by atoms with van der Waals surface area (Å²) in [5.41, 5.74) is 1.75. The molecule has 34 heavy (non-hydrogen) atoms. The minimum absolute atomic E-state index is 0.0686. The first-order chi connectivity index (χ1) is 16.3. The van der Waals surface area contributed by atoms with E-state index in [0.717, 1.165) is 0 Å². The second-order valence-electron chi connectivity index (χ2n) is 7.28. The Bertz CT molecular complexity index is 1250. The van der Waals surface area contributed by atoms with Crippen LogP contribution in [0, 0.1) is 0 Å². The molecule has 3 rings (SSSR count). The predicted molar refractivity (Wildman–Crippen MR) is 124 cm³/mol. The Hall–Kier alpha value is -4.66. The first-order valence-corrected chi connectivity index (χ1v) is 10.2. The summed E-state index contributed by atoms with van der Waals surface area (Å²) in [5.74, 6) is -2.98. The van der Waals surface area contributed by atoms with Crippen LogP contribution in [0.1, 0.15) is 31.8 Å². The number of amides is 2. The monoisotopic (exact) mass is 462 g/mol. The van der Waals surface area contributed by atoms with Gasteiger partial charge in [-0.25, -0.2) is 0 Å². The minimum atomic E-state index is -1.04. The van der Waals surface area contributed by atoms with E-state index >= 15 is 0 Å². The van der Waals surface area contributed by atoms with Gasteiger partial charge in [0.1, 0.15) is 5.75 Å². The van der Waals surface area contributed by atoms with Crippen molar-refractivity contribution in [1.82, 2.24) is 0 Å². The molecule has 0 saturated heterocycles. The van der Waals surface area contributed by atoms with E-state index in [-0.39, 0.29) is 29.7 Å². The molecular formula is C25H22N2O7. The van der Waals surface area contributed by atoms with Crippen LogP contribution in [-0.4, -0.2) is 41.1 Å². The highest BCUT2D eigenvalue weighted by Crippen LogP contribution is 2.24. The molecule has 9 nitrogen and oxygen atoms in total. The van der Waals surface area contributed by atoms with E-state index in [2.05, 4.69) is 10.6 Å². The number of aliphatic carboxylic acids is 2. The highest BCUT2D eigenvalue weighted by molar-refractivity contribution is 6.10. The average molecular weight is 462 g/mol. The summed E-state index contributed by atoms with van der Waals surface area (Å²) in [6, 6.07) is 17.3. The van der Waals surface area contributed by atoms with Crippen molar-refractivity contribution in [3.05, 3.63) is 89.0 Å². The van der Waals surface area contributed by atoms with Crippen LogP contribution in [0.5, 0.6) is 5.75 Å². The van der Waals surface area contributed by atoms with Gasteiger partial charge < -0.3 is 25.6 Å². The smallest absolute Gasteiger partial charge is 0.307 e. The number of carbonyl (C=O) groups is 4. The highest BCUT2D eigenvalue weighted by Gasteiger charge is 2.19. The Labute approximate surface area is 195 Å². The molecule has 0 saturated carbocycles. The van der Waals surface area contributed by atoms with Crippen molar-refractivity contribution in [3.8, 4) is 5.75 Å². The van der Waals surface area contributed by atoms with Crippen molar-refractivity contribution in [1.29, 1.82) is 0 Å². The van der Waals surface area contributed by atoms with Gasteiger partial charge in [0.25, 0.3) is 11.8 Å². The molecule has 0 aliphatic carbocycles. The fourth-order valence-corrected chi connectivity index (χ4v) is 3.33. The number of carboxylic acids is 2. The lowest BCUT2D eigenvalue weighted by atomic mass is 10.1. The first kappa shape index (κ1) is 24.0. The molecule has 0 heterocycles. The zero-order valence-electron chi connectivity index (χ0n) is 18.2. The lowest BCUT2D eigenvalue weighted by Crippen LogP contribution is -2.18. The standard InChI is InChI=1S/C25H22N2O7/c1-34-21-11-10-17(24(32)26-19-8-4-2-6-15(19)13-22(28)29)12-18(21)25(33)27-20-9-5-3-7-16(20)14-23(30)31/h2-12H,13-14H2,1H3,(H,26,32)(H,27,33)(H,28,29)(H,30,31). The first-order valence-electron chi connectivity index (χ1n) is 10.2. The van der Waals surface area contributed by atoms with Crippen LogP contribution >= 0.6 is 0 Å². The van der Waals surface area contributed by atoms with E-state index in [1.54, 1.807) is 48.5 Å². The number of carbonyl (C=O) groups excluding carboxylic acids is 2. The van der Waals surface area contributed by atoms with Crippen molar-refractivity contribution < 1.29 is 34.1 Å². The van der Waals surface area contributed by atoms with Crippen molar-refractivity contribution >= 4 is 35.1 Å². The fraction of sp³-hybridized carbons (Fsp3) is 0.120. The van der Waals surface area contributed by atoms with Gasteiger partial charge in [0.05, 0.1) is 25.5 Å². The van der Waals surface area contributed by atoms with Crippen LogP contribution in [0.4, 0.5) is 11.4 Å². The van der Waals surface area contributed by atoms with Crippen molar-refractivity contribution in [3.63, 3.8) is 0 Å². The second-order valence-corrected chi connectivity index (χ2v) is 7.28. The van der Waals surface area contributed by atoms with Crippen LogP contribution in [0.25, 0.3) is 0 Å². The average Bonchev–Trinajstić information content (AvgIpc) is 2.80. The van der Waals surface area contributed by atoms with E-state index < -0.39 is 23.8 Å². The number of para-hydroxylation sites is 2. The van der Waals surface area contributed by atoms with Gasteiger partial charge >= 0.3 is 11.9 Å². The largest absolute Gasteiger partial charge is 0.496 e. The molecule has 3 aromatic carbocycles. The zero-order chi connectivity index (χ0) is 24.7. The maximum absolute atomic E-state index is 13.0. The molecule has 174 valence electrons. The van der Waals surface area contributed by atoms with Crippen LogP contribution in [0.3, 0.4) is 0 Å². The number of hydrogen-bond acceptors (Lipinski definition) is 5. The predicted octanol–water partition coefficient (Wildman–Crippen LogP) is 3.45. The summed E-state index contributed by atoms with van der Waals surface area (Å²) in [5, 5.41) is 23.5. The Morgan fingerprint density at radius 2 is 1.24 bits per heavy atom. The van der Waals surface area contributed by atoms with Gasteiger partial charge in [-0.15, -0.1) is 0 Å². The molecule has 0 bridgehead atoms. The summed E-state index contributed by atoms with van der Waals surface area (Å²) >= 11 is 0. The number of carboxylic acid groups (broad SMARTS) is 2. The molecule has 0 unspecified atom stereocenters. The van der Waals surface area contributed by atoms with Crippen LogP contribution < -0.4 is 15.4 Å². The summed E-state index contributed by atoms with van der Waals surface area (Å²) in [7, 11) is 1.38. The van der Waals surface area contributed by atoms with Gasteiger partial charge in [-0.2, -0.15) is 0 Å². The molecular weight excluding hydrogens is 440 g/mol. The van der Waals surface area contributed by atoms with Crippen molar-refractivity contribution in [2.45, 2.75) is 12.8 Å². The number of methoxy groups -OCH3 is 1. The Morgan fingerprint density at radius 1 is 0.735 bits per heavy atom. The van der Waals surface area contributed by atoms with Crippen molar-refractivity contribution in [2.75, 3.05) is 17.7 Å². The molecule has 0 aromatic heterocycles. The molecule has 0 fully saturated rings. The molecule has 0 spiro atoms. The Balaban J connectivity index is 1.87. The number of rotatable bonds is 9. The van der Waals surface area contributed by atoms with Crippen LogP contribution in [0.2, 0.25) is 0 Å². The second kappa shape index (κ2) is 10.8. The van der Waals surface area contributed by atoms with Gasteiger partial charge in [-0.05, 0) is 41.5 Å². The number of ether oxygens (including phenoxy) is 1.